The lowest BCUT2D eigenvalue weighted by atomic mass is 9.69. The zero-order valence-corrected chi connectivity index (χ0v) is 11.6. The van der Waals surface area contributed by atoms with E-state index in [1.807, 2.05) is 31.2 Å². The quantitative estimate of drug-likeness (QED) is 0.797. The number of benzene rings is 1. The van der Waals surface area contributed by atoms with E-state index < -0.39 is 5.41 Å². The fourth-order valence-corrected chi connectivity index (χ4v) is 3.03. The molecule has 3 nitrogen and oxygen atoms in total. The van der Waals surface area contributed by atoms with Crippen molar-refractivity contribution >= 4 is 17.9 Å². The summed E-state index contributed by atoms with van der Waals surface area (Å²) in [7, 11) is 0. The number of para-hydroxylation sites is 1. The van der Waals surface area contributed by atoms with Gasteiger partial charge in [0.15, 0.2) is 0 Å². The van der Waals surface area contributed by atoms with Crippen LogP contribution < -0.4 is 5.32 Å². The Kier molecular flexibility index (Phi) is 4.03. The fourth-order valence-electron chi connectivity index (χ4n) is 3.03. The van der Waals surface area contributed by atoms with E-state index in [0.29, 0.717) is 6.42 Å². The average Bonchev–Trinajstić information content (AvgIpc) is 2.68. The Hall–Kier alpha value is -1.64. The highest BCUT2D eigenvalue weighted by molar-refractivity contribution is 6.06. The van der Waals surface area contributed by atoms with Crippen molar-refractivity contribution in [1.82, 2.24) is 0 Å². The number of amides is 1. The third-order valence-corrected chi connectivity index (χ3v) is 4.31. The van der Waals surface area contributed by atoms with Crippen molar-refractivity contribution in [3.63, 3.8) is 0 Å². The molecule has 0 fully saturated rings. The maximum atomic E-state index is 12.4. The Labute approximate surface area is 114 Å². The van der Waals surface area contributed by atoms with Crippen LogP contribution in [0.2, 0.25) is 0 Å². The monoisotopic (exact) mass is 259 g/mol. The van der Waals surface area contributed by atoms with Gasteiger partial charge in [-0.15, -0.1) is 0 Å². The van der Waals surface area contributed by atoms with Crippen molar-refractivity contribution in [2.75, 3.05) is 5.32 Å². The Morgan fingerprint density at radius 2 is 2.11 bits per heavy atom. The van der Waals surface area contributed by atoms with Crippen LogP contribution in [-0.2, 0) is 15.0 Å². The molecule has 0 aliphatic carbocycles. The van der Waals surface area contributed by atoms with E-state index in [4.69, 9.17) is 0 Å². The van der Waals surface area contributed by atoms with E-state index in [1.165, 1.54) is 0 Å². The van der Waals surface area contributed by atoms with E-state index in [1.54, 1.807) is 0 Å². The zero-order valence-electron chi connectivity index (χ0n) is 11.6. The molecule has 2 rings (SSSR count). The lowest BCUT2D eigenvalue weighted by Gasteiger charge is -2.31. The standard InChI is InChI=1S/C16H21NO2/c1-3-4-7-12(10-11-18)16(2)13-8-5-6-9-14(13)17-15(16)19/h5-6,8-9,11-12H,3-4,7,10H2,1-2H3,(H,17,19). The topological polar surface area (TPSA) is 46.2 Å². The second-order valence-corrected chi connectivity index (χ2v) is 5.44. The molecule has 0 bridgehead atoms. The van der Waals surface area contributed by atoms with Crippen molar-refractivity contribution in [1.29, 1.82) is 0 Å². The first-order valence-corrected chi connectivity index (χ1v) is 6.99. The summed E-state index contributed by atoms with van der Waals surface area (Å²) in [6.07, 6.45) is 4.42. The van der Waals surface area contributed by atoms with Gasteiger partial charge in [0.05, 0.1) is 5.41 Å². The molecule has 1 amide bonds. The molecule has 102 valence electrons. The fraction of sp³-hybridized carbons (Fsp3) is 0.500. The lowest BCUT2D eigenvalue weighted by Crippen LogP contribution is -2.39. The smallest absolute Gasteiger partial charge is 0.235 e. The number of unbranched alkanes of at least 4 members (excludes halogenated alkanes) is 1. The highest BCUT2D eigenvalue weighted by Crippen LogP contribution is 2.45. The summed E-state index contributed by atoms with van der Waals surface area (Å²) in [6, 6.07) is 7.80. The second kappa shape index (κ2) is 5.55. The van der Waals surface area contributed by atoms with E-state index >= 15 is 0 Å². The van der Waals surface area contributed by atoms with Crippen LogP contribution in [0.1, 0.15) is 45.1 Å². The summed E-state index contributed by atoms with van der Waals surface area (Å²) < 4.78 is 0. The van der Waals surface area contributed by atoms with Crippen LogP contribution in [0.3, 0.4) is 0 Å². The normalized spacial score (nSPS) is 22.7. The van der Waals surface area contributed by atoms with Crippen LogP contribution in [0.25, 0.3) is 0 Å². The molecule has 1 aliphatic rings. The predicted molar refractivity (Wildman–Crippen MR) is 76.1 cm³/mol. The van der Waals surface area contributed by atoms with Gasteiger partial charge in [-0.25, -0.2) is 0 Å². The van der Waals surface area contributed by atoms with Gasteiger partial charge in [-0.2, -0.15) is 0 Å². The molecular weight excluding hydrogens is 238 g/mol. The van der Waals surface area contributed by atoms with Crippen LogP contribution in [0.4, 0.5) is 5.69 Å². The van der Waals surface area contributed by atoms with Crippen LogP contribution in [-0.4, -0.2) is 12.2 Å². The van der Waals surface area contributed by atoms with E-state index in [0.717, 1.165) is 36.8 Å². The van der Waals surface area contributed by atoms with E-state index in [9.17, 15) is 9.59 Å². The third-order valence-electron chi connectivity index (χ3n) is 4.31. The maximum Gasteiger partial charge on any atom is 0.235 e. The summed E-state index contributed by atoms with van der Waals surface area (Å²) >= 11 is 0. The highest BCUT2D eigenvalue weighted by Gasteiger charge is 2.47. The van der Waals surface area contributed by atoms with E-state index in [2.05, 4.69) is 12.2 Å². The van der Waals surface area contributed by atoms with Crippen molar-refractivity contribution in [2.45, 2.75) is 44.9 Å². The summed E-state index contributed by atoms with van der Waals surface area (Å²) in [6.45, 7) is 4.10. The zero-order chi connectivity index (χ0) is 13.9. The predicted octanol–water partition coefficient (Wildman–Crippen LogP) is 3.29. The van der Waals surface area contributed by atoms with Gasteiger partial charge >= 0.3 is 0 Å². The number of hydrogen-bond donors (Lipinski definition) is 1. The lowest BCUT2D eigenvalue weighted by molar-refractivity contribution is -0.122. The van der Waals surface area contributed by atoms with Gasteiger partial charge in [0.1, 0.15) is 6.29 Å². The first-order valence-electron chi connectivity index (χ1n) is 6.99. The van der Waals surface area contributed by atoms with Crippen molar-refractivity contribution < 1.29 is 9.59 Å². The molecule has 1 N–H and O–H groups in total. The van der Waals surface area contributed by atoms with Gasteiger partial charge in [-0.3, -0.25) is 4.79 Å². The maximum absolute atomic E-state index is 12.4. The summed E-state index contributed by atoms with van der Waals surface area (Å²) in [5.41, 5.74) is 1.34. The molecule has 0 spiro atoms. The number of aldehydes is 1. The molecule has 2 atom stereocenters. The molecule has 1 aromatic rings. The molecule has 0 aromatic heterocycles. The molecule has 2 unspecified atom stereocenters. The molecule has 1 heterocycles. The molecule has 1 aliphatic heterocycles. The molecule has 0 saturated carbocycles. The van der Waals surface area contributed by atoms with Crippen LogP contribution in [0, 0.1) is 5.92 Å². The highest BCUT2D eigenvalue weighted by atomic mass is 16.2. The molecular formula is C16H21NO2. The number of rotatable bonds is 6. The Bertz CT molecular complexity index is 483. The Balaban J connectivity index is 2.38. The van der Waals surface area contributed by atoms with Crippen LogP contribution >= 0.6 is 0 Å². The molecule has 0 saturated heterocycles. The summed E-state index contributed by atoms with van der Waals surface area (Å²) in [4.78, 5) is 23.4. The third kappa shape index (κ3) is 2.29. The number of fused-ring (bicyclic) bond motifs is 1. The van der Waals surface area contributed by atoms with Gasteiger partial charge in [0, 0.05) is 12.1 Å². The second-order valence-electron chi connectivity index (χ2n) is 5.44. The van der Waals surface area contributed by atoms with Gasteiger partial charge in [0.25, 0.3) is 0 Å². The van der Waals surface area contributed by atoms with Crippen molar-refractivity contribution in [3.8, 4) is 0 Å². The van der Waals surface area contributed by atoms with Gasteiger partial charge in [0.2, 0.25) is 5.91 Å². The van der Waals surface area contributed by atoms with Crippen LogP contribution in [0.15, 0.2) is 24.3 Å². The minimum Gasteiger partial charge on any atom is -0.325 e. The number of anilines is 1. The number of hydrogen-bond acceptors (Lipinski definition) is 2. The SMILES string of the molecule is CCCCC(CC=O)C1(C)C(=O)Nc2ccccc21. The molecule has 19 heavy (non-hydrogen) atoms. The number of carbonyl (C=O) groups excluding carboxylic acids is 2. The largest absolute Gasteiger partial charge is 0.325 e. The molecule has 3 heteroatoms. The van der Waals surface area contributed by atoms with Gasteiger partial charge in [-0.05, 0) is 30.9 Å². The van der Waals surface area contributed by atoms with Gasteiger partial charge < -0.3 is 10.1 Å². The minimum absolute atomic E-state index is 0.0247. The van der Waals surface area contributed by atoms with Crippen molar-refractivity contribution in [2.24, 2.45) is 5.92 Å². The van der Waals surface area contributed by atoms with E-state index in [-0.39, 0.29) is 11.8 Å². The molecule has 0 radical (unpaired) electrons. The first-order chi connectivity index (χ1) is 9.14. The first kappa shape index (κ1) is 13.8. The number of carbonyl (C=O) groups is 2. The van der Waals surface area contributed by atoms with Crippen molar-refractivity contribution in [3.05, 3.63) is 29.8 Å². The number of nitrogens with one attached hydrogen (secondary N) is 1. The Morgan fingerprint density at radius 1 is 1.37 bits per heavy atom. The average molecular weight is 259 g/mol. The van der Waals surface area contributed by atoms with Gasteiger partial charge in [-0.1, -0.05) is 38.0 Å². The summed E-state index contributed by atoms with van der Waals surface area (Å²) in [5.74, 6) is 0.102. The summed E-state index contributed by atoms with van der Waals surface area (Å²) in [5, 5.41) is 2.95. The minimum atomic E-state index is -0.577. The van der Waals surface area contributed by atoms with Crippen LogP contribution in [0.5, 0.6) is 0 Å². The molecule has 1 aromatic carbocycles. The Morgan fingerprint density at radius 3 is 2.79 bits per heavy atom.